The van der Waals surface area contributed by atoms with Crippen LogP contribution in [0.15, 0.2) is 65.8 Å². The monoisotopic (exact) mass is 377 g/mol. The zero-order chi connectivity index (χ0) is 19.7. The van der Waals surface area contributed by atoms with E-state index in [4.69, 9.17) is 14.2 Å². The first-order valence-electron chi connectivity index (χ1n) is 8.62. The van der Waals surface area contributed by atoms with Gasteiger partial charge >= 0.3 is 0 Å². The highest BCUT2D eigenvalue weighted by molar-refractivity contribution is 5.71. The Balaban J connectivity index is 1.90. The van der Waals surface area contributed by atoms with Crippen molar-refractivity contribution in [3.63, 3.8) is 0 Å². The highest BCUT2D eigenvalue weighted by Gasteiger charge is 2.15. The van der Waals surface area contributed by atoms with E-state index >= 15 is 0 Å². The van der Waals surface area contributed by atoms with Crippen molar-refractivity contribution in [2.24, 2.45) is 0 Å². The summed E-state index contributed by atoms with van der Waals surface area (Å²) in [7, 11) is 4.77. The predicted molar refractivity (Wildman–Crippen MR) is 106 cm³/mol. The minimum Gasteiger partial charge on any atom is -0.497 e. The molecule has 0 unspecified atom stereocenters. The number of ether oxygens (including phenoxy) is 3. The SMILES string of the molecule is COc1ccc(OC)c(-c2cn3ccn(-c4ccccc4OC)c(=O)c3n2)c1. The third-order valence-corrected chi connectivity index (χ3v) is 4.55. The molecular formula is C21H19N3O4. The molecule has 0 saturated heterocycles. The van der Waals surface area contributed by atoms with Crippen LogP contribution in [0.5, 0.6) is 17.2 Å². The van der Waals surface area contributed by atoms with Crippen molar-refractivity contribution in [1.82, 2.24) is 14.0 Å². The van der Waals surface area contributed by atoms with E-state index in [9.17, 15) is 4.79 Å². The topological polar surface area (TPSA) is 67.0 Å². The first-order chi connectivity index (χ1) is 13.7. The van der Waals surface area contributed by atoms with Gasteiger partial charge in [0.25, 0.3) is 5.56 Å². The quantitative estimate of drug-likeness (QED) is 0.534. The molecule has 0 spiro atoms. The standard InChI is InChI=1S/C21H19N3O4/c1-26-14-8-9-18(27-2)15(12-14)16-13-23-10-11-24(21(25)20(23)22-16)17-6-4-5-7-19(17)28-3/h4-13H,1-3H3. The molecule has 2 heterocycles. The largest absolute Gasteiger partial charge is 0.497 e. The van der Waals surface area contributed by atoms with Crippen LogP contribution in [0, 0.1) is 0 Å². The number of aromatic nitrogens is 3. The normalized spacial score (nSPS) is 10.8. The van der Waals surface area contributed by atoms with E-state index in [-0.39, 0.29) is 5.56 Å². The predicted octanol–water partition coefficient (Wildman–Crippen LogP) is 3.18. The lowest BCUT2D eigenvalue weighted by Crippen LogP contribution is -2.20. The van der Waals surface area contributed by atoms with Crippen LogP contribution >= 0.6 is 0 Å². The molecule has 0 bridgehead atoms. The van der Waals surface area contributed by atoms with Crippen molar-refractivity contribution < 1.29 is 14.2 Å². The number of rotatable bonds is 5. The molecule has 142 valence electrons. The van der Waals surface area contributed by atoms with Gasteiger partial charge in [-0.05, 0) is 30.3 Å². The summed E-state index contributed by atoms with van der Waals surface area (Å²) in [6, 6.07) is 12.8. The minimum absolute atomic E-state index is 0.250. The molecule has 0 aliphatic carbocycles. The fraction of sp³-hybridized carbons (Fsp3) is 0.143. The molecule has 0 N–H and O–H groups in total. The Hall–Kier alpha value is -3.74. The van der Waals surface area contributed by atoms with Crippen LogP contribution in [0.25, 0.3) is 22.6 Å². The molecule has 0 atom stereocenters. The summed E-state index contributed by atoms with van der Waals surface area (Å²) in [5.74, 6) is 1.93. The van der Waals surface area contributed by atoms with Crippen LogP contribution in [0.3, 0.4) is 0 Å². The Bertz CT molecular complexity index is 1210. The Morgan fingerprint density at radius 3 is 2.43 bits per heavy atom. The van der Waals surface area contributed by atoms with Crippen LogP contribution in [0.1, 0.15) is 0 Å². The van der Waals surface area contributed by atoms with Crippen molar-refractivity contribution in [3.05, 3.63) is 71.4 Å². The molecule has 4 rings (SSSR count). The van der Waals surface area contributed by atoms with E-state index in [0.29, 0.717) is 34.3 Å². The molecule has 0 saturated carbocycles. The van der Waals surface area contributed by atoms with Gasteiger partial charge in [0.05, 0.1) is 32.7 Å². The van der Waals surface area contributed by atoms with Gasteiger partial charge < -0.3 is 18.6 Å². The number of imidazole rings is 1. The number of benzene rings is 2. The van der Waals surface area contributed by atoms with Gasteiger partial charge in [0.2, 0.25) is 5.65 Å². The molecule has 4 aromatic rings. The molecule has 0 amide bonds. The molecular weight excluding hydrogens is 358 g/mol. The number of hydrogen-bond donors (Lipinski definition) is 0. The second-order valence-corrected chi connectivity index (χ2v) is 6.07. The van der Waals surface area contributed by atoms with Crippen LogP contribution in [0.4, 0.5) is 0 Å². The van der Waals surface area contributed by atoms with Crippen molar-refractivity contribution in [2.45, 2.75) is 0 Å². The summed E-state index contributed by atoms with van der Waals surface area (Å²) in [5, 5.41) is 0. The molecule has 0 aliphatic rings. The van der Waals surface area contributed by atoms with Gasteiger partial charge in [-0.1, -0.05) is 12.1 Å². The number of hydrogen-bond acceptors (Lipinski definition) is 5. The van der Waals surface area contributed by atoms with Gasteiger partial charge in [0, 0.05) is 24.2 Å². The molecule has 28 heavy (non-hydrogen) atoms. The lowest BCUT2D eigenvalue weighted by molar-refractivity contribution is 0.404. The maximum Gasteiger partial charge on any atom is 0.298 e. The van der Waals surface area contributed by atoms with Crippen molar-refractivity contribution in [2.75, 3.05) is 21.3 Å². The number of fused-ring (bicyclic) bond motifs is 1. The molecule has 7 heteroatoms. The zero-order valence-corrected chi connectivity index (χ0v) is 15.7. The Morgan fingerprint density at radius 2 is 1.68 bits per heavy atom. The summed E-state index contributed by atoms with van der Waals surface area (Å²) in [6.07, 6.45) is 5.27. The summed E-state index contributed by atoms with van der Waals surface area (Å²) >= 11 is 0. The van der Waals surface area contributed by atoms with E-state index in [1.165, 1.54) is 4.57 Å². The molecule has 0 radical (unpaired) electrons. The first kappa shape index (κ1) is 17.7. The highest BCUT2D eigenvalue weighted by atomic mass is 16.5. The lowest BCUT2D eigenvalue weighted by Gasteiger charge is -2.10. The van der Waals surface area contributed by atoms with Crippen molar-refractivity contribution in [3.8, 4) is 34.2 Å². The van der Waals surface area contributed by atoms with Gasteiger partial charge in [-0.3, -0.25) is 9.36 Å². The smallest absolute Gasteiger partial charge is 0.298 e. The Labute approximate surface area is 161 Å². The van der Waals surface area contributed by atoms with Crippen LogP contribution in [0.2, 0.25) is 0 Å². The van der Waals surface area contributed by atoms with Crippen LogP contribution < -0.4 is 19.8 Å². The third kappa shape index (κ3) is 2.87. The van der Waals surface area contributed by atoms with E-state index < -0.39 is 0 Å². The second kappa shape index (κ2) is 7.11. The minimum atomic E-state index is -0.250. The van der Waals surface area contributed by atoms with Gasteiger partial charge in [0.15, 0.2) is 0 Å². The summed E-state index contributed by atoms with van der Waals surface area (Å²) in [4.78, 5) is 17.6. The third-order valence-electron chi connectivity index (χ3n) is 4.55. The molecule has 0 fully saturated rings. The van der Waals surface area contributed by atoms with Gasteiger partial charge in [0.1, 0.15) is 17.2 Å². The maximum absolute atomic E-state index is 13.1. The summed E-state index contributed by atoms with van der Waals surface area (Å²) < 4.78 is 19.3. The summed E-state index contributed by atoms with van der Waals surface area (Å²) in [5.41, 5.74) is 2.06. The van der Waals surface area contributed by atoms with E-state index in [1.807, 2.05) is 42.5 Å². The fourth-order valence-electron chi connectivity index (χ4n) is 3.14. The lowest BCUT2D eigenvalue weighted by atomic mass is 10.1. The van der Waals surface area contributed by atoms with Crippen LogP contribution in [-0.4, -0.2) is 35.3 Å². The van der Waals surface area contributed by atoms with E-state index in [2.05, 4.69) is 4.98 Å². The number of nitrogens with zero attached hydrogens (tertiary/aromatic N) is 3. The average molecular weight is 377 g/mol. The number of methoxy groups -OCH3 is 3. The average Bonchev–Trinajstić information content (AvgIpc) is 3.18. The second-order valence-electron chi connectivity index (χ2n) is 6.07. The zero-order valence-electron chi connectivity index (χ0n) is 15.7. The molecule has 2 aromatic carbocycles. The molecule has 2 aromatic heterocycles. The Morgan fingerprint density at radius 1 is 0.893 bits per heavy atom. The van der Waals surface area contributed by atoms with Crippen molar-refractivity contribution >= 4 is 5.65 Å². The van der Waals surface area contributed by atoms with E-state index in [0.717, 1.165) is 5.56 Å². The van der Waals surface area contributed by atoms with Gasteiger partial charge in [-0.25, -0.2) is 4.98 Å². The first-order valence-corrected chi connectivity index (χ1v) is 8.62. The molecule has 0 aliphatic heterocycles. The maximum atomic E-state index is 13.1. The summed E-state index contributed by atoms with van der Waals surface area (Å²) in [6.45, 7) is 0. The van der Waals surface area contributed by atoms with Gasteiger partial charge in [-0.15, -0.1) is 0 Å². The highest BCUT2D eigenvalue weighted by Crippen LogP contribution is 2.32. The molecule has 7 nitrogen and oxygen atoms in total. The van der Waals surface area contributed by atoms with Crippen molar-refractivity contribution in [1.29, 1.82) is 0 Å². The number of para-hydroxylation sites is 2. The van der Waals surface area contributed by atoms with Crippen LogP contribution in [-0.2, 0) is 0 Å². The Kier molecular flexibility index (Phi) is 4.49. The van der Waals surface area contributed by atoms with E-state index in [1.54, 1.807) is 44.3 Å². The van der Waals surface area contributed by atoms with Gasteiger partial charge in [-0.2, -0.15) is 0 Å². The fourth-order valence-corrected chi connectivity index (χ4v) is 3.14.